The van der Waals surface area contributed by atoms with Crippen molar-refractivity contribution in [1.82, 2.24) is 4.90 Å². The molecule has 3 heteroatoms. The second-order valence-corrected chi connectivity index (χ2v) is 6.20. The molecule has 2 N–H and O–H groups in total. The molecule has 1 aliphatic heterocycles. The van der Waals surface area contributed by atoms with E-state index in [1.807, 2.05) is 6.07 Å². The zero-order chi connectivity index (χ0) is 13.2. The summed E-state index contributed by atoms with van der Waals surface area (Å²) in [5.74, 6) is 0.165. The molecule has 1 aliphatic rings. The number of thiocarbonyl (C=S) groups is 1. The summed E-state index contributed by atoms with van der Waals surface area (Å²) >= 11 is 5.26. The van der Waals surface area contributed by atoms with Crippen LogP contribution < -0.4 is 5.73 Å². The average molecular weight is 262 g/mol. The Kier molecular flexibility index (Phi) is 4.03. The fourth-order valence-electron chi connectivity index (χ4n) is 2.77. The third kappa shape index (κ3) is 2.90. The molecule has 1 aromatic carbocycles. The Hall–Kier alpha value is -0.930. The van der Waals surface area contributed by atoms with Crippen molar-refractivity contribution in [1.29, 1.82) is 0 Å². The zero-order valence-electron chi connectivity index (χ0n) is 11.2. The molecule has 2 nitrogen and oxygen atoms in total. The maximum absolute atomic E-state index is 5.94. The van der Waals surface area contributed by atoms with E-state index in [1.54, 1.807) is 0 Å². The molecule has 1 saturated heterocycles. The second-order valence-electron chi connectivity index (χ2n) is 5.73. The maximum atomic E-state index is 5.94. The molecular weight excluding hydrogens is 240 g/mol. The van der Waals surface area contributed by atoms with Gasteiger partial charge in [-0.15, -0.1) is 0 Å². The van der Waals surface area contributed by atoms with Gasteiger partial charge >= 0.3 is 0 Å². The predicted octanol–water partition coefficient (Wildman–Crippen LogP) is 2.93. The van der Waals surface area contributed by atoms with Crippen molar-refractivity contribution in [3.05, 3.63) is 35.9 Å². The SMILES string of the molecule is CC1(C)CCCN1CC(C(N)=S)c1ccccc1. The van der Waals surface area contributed by atoms with Crippen molar-refractivity contribution in [3.63, 3.8) is 0 Å². The van der Waals surface area contributed by atoms with Gasteiger partial charge in [0.1, 0.15) is 0 Å². The van der Waals surface area contributed by atoms with Crippen LogP contribution in [0.15, 0.2) is 30.3 Å². The molecule has 0 radical (unpaired) electrons. The fourth-order valence-corrected chi connectivity index (χ4v) is 2.98. The van der Waals surface area contributed by atoms with Crippen LogP contribution in [0.3, 0.4) is 0 Å². The van der Waals surface area contributed by atoms with E-state index in [0.29, 0.717) is 4.99 Å². The van der Waals surface area contributed by atoms with Crippen molar-refractivity contribution in [3.8, 4) is 0 Å². The van der Waals surface area contributed by atoms with Gasteiger partial charge in [-0.1, -0.05) is 42.5 Å². The zero-order valence-corrected chi connectivity index (χ0v) is 12.0. The van der Waals surface area contributed by atoms with Gasteiger partial charge in [0, 0.05) is 18.0 Å². The first-order valence-corrected chi connectivity index (χ1v) is 7.01. The minimum Gasteiger partial charge on any atom is -0.393 e. The first kappa shape index (κ1) is 13.5. The average Bonchev–Trinajstić information content (AvgIpc) is 2.66. The summed E-state index contributed by atoms with van der Waals surface area (Å²) in [5.41, 5.74) is 7.45. The van der Waals surface area contributed by atoms with E-state index >= 15 is 0 Å². The van der Waals surface area contributed by atoms with Gasteiger partial charge < -0.3 is 5.73 Å². The highest BCUT2D eigenvalue weighted by atomic mass is 32.1. The van der Waals surface area contributed by atoms with E-state index in [9.17, 15) is 0 Å². The molecule has 98 valence electrons. The lowest BCUT2D eigenvalue weighted by Gasteiger charge is -2.34. The monoisotopic (exact) mass is 262 g/mol. The van der Waals surface area contributed by atoms with Crippen LogP contribution in [0.5, 0.6) is 0 Å². The summed E-state index contributed by atoms with van der Waals surface area (Å²) in [4.78, 5) is 3.12. The van der Waals surface area contributed by atoms with E-state index in [-0.39, 0.29) is 11.5 Å². The van der Waals surface area contributed by atoms with Crippen molar-refractivity contribution < 1.29 is 0 Å². The molecule has 0 spiro atoms. The van der Waals surface area contributed by atoms with Crippen LogP contribution in [-0.4, -0.2) is 28.5 Å². The van der Waals surface area contributed by atoms with E-state index in [4.69, 9.17) is 18.0 Å². The summed E-state index contributed by atoms with van der Waals surface area (Å²) < 4.78 is 0. The van der Waals surface area contributed by atoms with Crippen molar-refractivity contribution >= 4 is 17.2 Å². The van der Waals surface area contributed by atoms with Crippen LogP contribution in [0.4, 0.5) is 0 Å². The minimum atomic E-state index is 0.165. The van der Waals surface area contributed by atoms with Crippen molar-refractivity contribution in [2.24, 2.45) is 5.73 Å². The smallest absolute Gasteiger partial charge is 0.0816 e. The Bertz CT molecular complexity index is 414. The molecule has 2 rings (SSSR count). The van der Waals surface area contributed by atoms with Gasteiger partial charge in [0.15, 0.2) is 0 Å². The standard InChI is InChI=1S/C15H22N2S/c1-15(2)9-6-10-17(15)11-13(14(16)18)12-7-4-3-5-8-12/h3-5,7-8,13H,6,9-11H2,1-2H3,(H2,16,18). The molecule has 1 fully saturated rings. The number of rotatable bonds is 4. The highest BCUT2D eigenvalue weighted by molar-refractivity contribution is 7.80. The number of nitrogens with two attached hydrogens (primary N) is 1. The largest absolute Gasteiger partial charge is 0.393 e. The Labute approximate surface area is 115 Å². The number of nitrogens with zero attached hydrogens (tertiary/aromatic N) is 1. The second kappa shape index (κ2) is 5.37. The lowest BCUT2D eigenvalue weighted by molar-refractivity contribution is 0.173. The minimum absolute atomic E-state index is 0.165. The quantitative estimate of drug-likeness (QED) is 0.846. The van der Waals surface area contributed by atoms with Gasteiger partial charge in [0.25, 0.3) is 0 Å². The Morgan fingerprint density at radius 3 is 2.56 bits per heavy atom. The molecule has 1 aromatic rings. The summed E-state index contributed by atoms with van der Waals surface area (Å²) in [5, 5.41) is 0. The Balaban J connectivity index is 2.15. The topological polar surface area (TPSA) is 29.3 Å². The number of hydrogen-bond acceptors (Lipinski definition) is 2. The van der Waals surface area contributed by atoms with Gasteiger partial charge in [-0.3, -0.25) is 4.90 Å². The lowest BCUT2D eigenvalue weighted by Crippen LogP contribution is -2.42. The van der Waals surface area contributed by atoms with Crippen molar-refractivity contribution in [2.45, 2.75) is 38.1 Å². The molecule has 0 saturated carbocycles. The van der Waals surface area contributed by atoms with Crippen LogP contribution >= 0.6 is 12.2 Å². The van der Waals surface area contributed by atoms with Crippen LogP contribution in [0, 0.1) is 0 Å². The number of hydrogen-bond donors (Lipinski definition) is 1. The summed E-state index contributed by atoms with van der Waals surface area (Å²) in [6.07, 6.45) is 2.53. The third-order valence-electron chi connectivity index (χ3n) is 4.02. The highest BCUT2D eigenvalue weighted by Gasteiger charge is 2.33. The van der Waals surface area contributed by atoms with Crippen LogP contribution in [-0.2, 0) is 0 Å². The molecule has 1 heterocycles. The first-order chi connectivity index (χ1) is 8.50. The van der Waals surface area contributed by atoms with Crippen LogP contribution in [0.1, 0.15) is 38.2 Å². The first-order valence-electron chi connectivity index (χ1n) is 6.60. The predicted molar refractivity (Wildman–Crippen MR) is 80.9 cm³/mol. The number of likely N-dealkylation sites (tertiary alicyclic amines) is 1. The molecular formula is C15H22N2S. The molecule has 0 aromatic heterocycles. The van der Waals surface area contributed by atoms with Crippen LogP contribution in [0.2, 0.25) is 0 Å². The van der Waals surface area contributed by atoms with Gasteiger partial charge in [-0.05, 0) is 38.8 Å². The van der Waals surface area contributed by atoms with Crippen LogP contribution in [0.25, 0.3) is 0 Å². The molecule has 0 amide bonds. The Morgan fingerprint density at radius 1 is 1.39 bits per heavy atom. The van der Waals surface area contributed by atoms with E-state index in [2.05, 4.69) is 43.0 Å². The Morgan fingerprint density at radius 2 is 2.06 bits per heavy atom. The van der Waals surface area contributed by atoms with E-state index in [1.165, 1.54) is 18.4 Å². The normalized spacial score (nSPS) is 20.8. The molecule has 1 unspecified atom stereocenters. The lowest BCUT2D eigenvalue weighted by atomic mass is 9.96. The summed E-state index contributed by atoms with van der Waals surface area (Å²) in [6.45, 7) is 6.70. The van der Waals surface area contributed by atoms with Gasteiger partial charge in [-0.25, -0.2) is 0 Å². The highest BCUT2D eigenvalue weighted by Crippen LogP contribution is 2.31. The maximum Gasteiger partial charge on any atom is 0.0816 e. The van der Waals surface area contributed by atoms with Gasteiger partial charge in [-0.2, -0.15) is 0 Å². The third-order valence-corrected chi connectivity index (χ3v) is 4.31. The van der Waals surface area contributed by atoms with Crippen molar-refractivity contribution in [2.75, 3.05) is 13.1 Å². The fraction of sp³-hybridized carbons (Fsp3) is 0.533. The number of benzene rings is 1. The summed E-state index contributed by atoms with van der Waals surface area (Å²) in [7, 11) is 0. The van der Waals surface area contributed by atoms with E-state index in [0.717, 1.165) is 13.1 Å². The van der Waals surface area contributed by atoms with E-state index < -0.39 is 0 Å². The summed E-state index contributed by atoms with van der Waals surface area (Å²) in [6, 6.07) is 10.4. The molecule has 1 atom stereocenters. The molecule has 0 aliphatic carbocycles. The van der Waals surface area contributed by atoms with Gasteiger partial charge in [0.05, 0.1) is 4.99 Å². The molecule has 0 bridgehead atoms. The molecule has 18 heavy (non-hydrogen) atoms. The van der Waals surface area contributed by atoms with Gasteiger partial charge in [0.2, 0.25) is 0 Å².